The molecular weight excluding hydrogens is 402 g/mol. The van der Waals surface area contributed by atoms with E-state index in [9.17, 15) is 9.59 Å². The van der Waals surface area contributed by atoms with Crippen molar-refractivity contribution in [2.75, 3.05) is 18.1 Å². The molecule has 2 aromatic heterocycles. The average molecular weight is 423 g/mol. The summed E-state index contributed by atoms with van der Waals surface area (Å²) in [4.78, 5) is 35.5. The zero-order valence-corrected chi connectivity index (χ0v) is 17.3. The Kier molecular flexibility index (Phi) is 6.08. The van der Waals surface area contributed by atoms with Crippen LogP contribution in [0.5, 0.6) is 0 Å². The highest BCUT2D eigenvalue weighted by molar-refractivity contribution is 8.00. The first-order valence-corrected chi connectivity index (χ1v) is 10.6. The number of fused-ring (bicyclic) bond motifs is 1. The monoisotopic (exact) mass is 423 g/mol. The van der Waals surface area contributed by atoms with E-state index in [-0.39, 0.29) is 19.1 Å². The lowest BCUT2D eigenvalue weighted by Gasteiger charge is -2.24. The first-order chi connectivity index (χ1) is 14.7. The molecule has 0 spiro atoms. The van der Waals surface area contributed by atoms with Gasteiger partial charge < -0.3 is 4.74 Å². The molecule has 0 fully saturated rings. The van der Waals surface area contributed by atoms with Crippen molar-refractivity contribution < 1.29 is 14.3 Å². The summed E-state index contributed by atoms with van der Waals surface area (Å²) in [7, 11) is 0. The normalized spacial score (nSPS) is 16.1. The van der Waals surface area contributed by atoms with Crippen LogP contribution in [0.1, 0.15) is 18.9 Å². The van der Waals surface area contributed by atoms with Gasteiger partial charge in [0.2, 0.25) is 11.1 Å². The number of ether oxygens (including phenoxy) is 1. The van der Waals surface area contributed by atoms with Crippen LogP contribution in [0.3, 0.4) is 0 Å². The van der Waals surface area contributed by atoms with Crippen molar-refractivity contribution >= 4 is 29.3 Å². The summed E-state index contributed by atoms with van der Waals surface area (Å²) in [6.45, 7) is 1.91. The summed E-state index contributed by atoms with van der Waals surface area (Å²) >= 11 is 1.30. The number of para-hydroxylation sites is 1. The van der Waals surface area contributed by atoms with Crippen molar-refractivity contribution in [1.29, 1.82) is 0 Å². The number of hydrogen-bond acceptors (Lipinski definition) is 7. The van der Waals surface area contributed by atoms with E-state index < -0.39 is 11.2 Å². The maximum absolute atomic E-state index is 13.4. The molecule has 0 aliphatic carbocycles. The first kappa shape index (κ1) is 20.1. The Bertz CT molecular complexity index is 1040. The Morgan fingerprint density at radius 2 is 2.07 bits per heavy atom. The predicted octanol–water partition coefficient (Wildman–Crippen LogP) is 2.87. The number of pyridine rings is 1. The summed E-state index contributed by atoms with van der Waals surface area (Å²) in [6.07, 6.45) is 4.72. The van der Waals surface area contributed by atoms with Gasteiger partial charge in [-0.15, -0.1) is 5.10 Å². The number of rotatable bonds is 6. The van der Waals surface area contributed by atoms with E-state index in [4.69, 9.17) is 4.74 Å². The lowest BCUT2D eigenvalue weighted by atomic mass is 10.1. The van der Waals surface area contributed by atoms with Crippen molar-refractivity contribution in [3.63, 3.8) is 0 Å². The fourth-order valence-electron chi connectivity index (χ4n) is 3.36. The van der Waals surface area contributed by atoms with E-state index in [0.717, 1.165) is 23.2 Å². The lowest BCUT2D eigenvalue weighted by Crippen LogP contribution is -2.41. The summed E-state index contributed by atoms with van der Waals surface area (Å²) in [6, 6.07) is 11.3. The zero-order valence-electron chi connectivity index (χ0n) is 16.4. The largest absolute Gasteiger partial charge is 0.465 e. The number of aryl methyl sites for hydroxylation is 1. The van der Waals surface area contributed by atoms with Crippen molar-refractivity contribution in [3.05, 3.63) is 54.4 Å². The summed E-state index contributed by atoms with van der Waals surface area (Å²) < 4.78 is 5.08. The number of amides is 1. The molecule has 1 aromatic carbocycles. The number of nitrogens with zero attached hydrogens (tertiary/aromatic N) is 4. The molecule has 1 aliphatic heterocycles. The molecule has 1 aliphatic rings. The zero-order chi connectivity index (χ0) is 20.9. The molecular formula is C21H21N5O3S. The van der Waals surface area contributed by atoms with Crippen LogP contribution in [0.25, 0.3) is 11.4 Å². The lowest BCUT2D eigenvalue weighted by molar-refractivity contribution is -0.142. The van der Waals surface area contributed by atoms with Gasteiger partial charge in [0.25, 0.3) is 0 Å². The van der Waals surface area contributed by atoms with Crippen molar-refractivity contribution in [3.8, 4) is 11.4 Å². The Hall–Kier alpha value is -3.20. The highest BCUT2D eigenvalue weighted by Gasteiger charge is 2.33. The van der Waals surface area contributed by atoms with E-state index in [1.807, 2.05) is 36.4 Å². The minimum absolute atomic E-state index is 0.114. The number of carbonyl (C=O) groups is 2. The molecule has 154 valence electrons. The van der Waals surface area contributed by atoms with E-state index in [2.05, 4.69) is 20.2 Å². The minimum Gasteiger partial charge on any atom is -0.465 e. The summed E-state index contributed by atoms with van der Waals surface area (Å²) in [5, 5.41) is 7.25. The van der Waals surface area contributed by atoms with Crippen LogP contribution in [0.4, 0.5) is 5.69 Å². The second-order valence-electron chi connectivity index (χ2n) is 6.71. The molecule has 0 saturated carbocycles. The third kappa shape index (κ3) is 4.35. The van der Waals surface area contributed by atoms with Crippen LogP contribution >= 0.6 is 11.8 Å². The molecule has 0 radical (unpaired) electrons. The van der Waals surface area contributed by atoms with Crippen LogP contribution in [-0.2, 0) is 20.7 Å². The molecule has 3 heterocycles. The molecule has 1 amide bonds. The smallest absolute Gasteiger partial charge is 0.326 e. The molecule has 8 nitrogen and oxygen atoms in total. The fourth-order valence-corrected chi connectivity index (χ4v) is 4.32. The molecule has 30 heavy (non-hydrogen) atoms. The maximum atomic E-state index is 13.4. The second kappa shape index (κ2) is 9.08. The van der Waals surface area contributed by atoms with Gasteiger partial charge in [0.15, 0.2) is 5.82 Å². The van der Waals surface area contributed by atoms with Crippen molar-refractivity contribution in [2.24, 2.45) is 0 Å². The number of aromatic amines is 1. The van der Waals surface area contributed by atoms with Gasteiger partial charge in [-0.25, -0.2) is 4.98 Å². The molecule has 4 rings (SSSR count). The van der Waals surface area contributed by atoms with Gasteiger partial charge in [-0.2, -0.15) is 0 Å². The Morgan fingerprint density at radius 1 is 1.27 bits per heavy atom. The van der Waals surface area contributed by atoms with E-state index in [0.29, 0.717) is 17.4 Å². The topological polar surface area (TPSA) is 101 Å². The molecule has 9 heteroatoms. The number of nitrogens with one attached hydrogen (secondary N) is 1. The van der Waals surface area contributed by atoms with Crippen molar-refractivity contribution in [1.82, 2.24) is 20.2 Å². The number of carbonyl (C=O) groups excluding carboxylic acids is 2. The number of hydrogen-bond donors (Lipinski definition) is 1. The molecule has 0 bridgehead atoms. The third-order valence-electron chi connectivity index (χ3n) is 4.76. The van der Waals surface area contributed by atoms with Crippen LogP contribution in [0.15, 0.2) is 53.9 Å². The highest BCUT2D eigenvalue weighted by atomic mass is 32.2. The van der Waals surface area contributed by atoms with E-state index in [1.54, 1.807) is 19.3 Å². The third-order valence-corrected chi connectivity index (χ3v) is 5.87. The number of benzene rings is 1. The molecule has 0 unspecified atom stereocenters. The quantitative estimate of drug-likeness (QED) is 0.608. The van der Waals surface area contributed by atoms with Crippen LogP contribution < -0.4 is 4.90 Å². The molecule has 1 atom stereocenters. The van der Waals surface area contributed by atoms with Gasteiger partial charge in [0.1, 0.15) is 6.54 Å². The second-order valence-corrected chi connectivity index (χ2v) is 7.88. The first-order valence-electron chi connectivity index (χ1n) is 9.70. The summed E-state index contributed by atoms with van der Waals surface area (Å²) in [5.41, 5.74) is 2.66. The van der Waals surface area contributed by atoms with Gasteiger partial charge in [-0.1, -0.05) is 30.0 Å². The molecule has 0 saturated heterocycles. The van der Waals surface area contributed by atoms with Gasteiger partial charge in [0.05, 0.1) is 11.9 Å². The Labute approximate surface area is 178 Å². The average Bonchev–Trinajstić information content (AvgIpc) is 3.20. The fraction of sp³-hybridized carbons (Fsp3) is 0.286. The van der Waals surface area contributed by atoms with Gasteiger partial charge in [-0.3, -0.25) is 24.6 Å². The standard InChI is InChI=1S/C21H21N5O3S/c1-2-29-18(27)13-26-16-6-4-3-5-14(16)7-8-17(20(26)28)30-21-23-19(24-25-21)15-9-11-22-12-10-15/h3-6,9-12,17H,2,7-8,13H2,1H3,(H,23,24,25)/t17-/m0/s1. The van der Waals surface area contributed by atoms with Crippen LogP contribution in [0.2, 0.25) is 0 Å². The predicted molar refractivity (Wildman–Crippen MR) is 113 cm³/mol. The summed E-state index contributed by atoms with van der Waals surface area (Å²) in [5.74, 6) is 0.0464. The molecule has 3 aromatic rings. The maximum Gasteiger partial charge on any atom is 0.326 e. The number of aromatic nitrogens is 4. The molecule has 1 N–H and O–H groups in total. The Balaban J connectivity index is 1.56. The number of H-pyrrole nitrogens is 1. The van der Waals surface area contributed by atoms with E-state index >= 15 is 0 Å². The highest BCUT2D eigenvalue weighted by Crippen LogP contribution is 2.33. The van der Waals surface area contributed by atoms with Crippen LogP contribution in [0, 0.1) is 0 Å². The number of thioether (sulfide) groups is 1. The Morgan fingerprint density at radius 3 is 2.87 bits per heavy atom. The number of anilines is 1. The SMILES string of the molecule is CCOC(=O)CN1C(=O)[C@@H](Sc2n[nH]c(-c3ccncc3)n2)CCc2ccccc21. The van der Waals surface area contributed by atoms with E-state index in [1.165, 1.54) is 16.7 Å². The van der Waals surface area contributed by atoms with Gasteiger partial charge in [0, 0.05) is 23.6 Å². The van der Waals surface area contributed by atoms with Gasteiger partial charge in [-0.05, 0) is 43.5 Å². The number of esters is 1. The van der Waals surface area contributed by atoms with Crippen LogP contribution in [-0.4, -0.2) is 50.4 Å². The van der Waals surface area contributed by atoms with Crippen molar-refractivity contribution in [2.45, 2.75) is 30.2 Å². The van der Waals surface area contributed by atoms with Gasteiger partial charge >= 0.3 is 5.97 Å². The minimum atomic E-state index is -0.427.